The second kappa shape index (κ2) is 10.7. The van der Waals surface area contributed by atoms with E-state index in [1.165, 1.54) is 6.92 Å². The van der Waals surface area contributed by atoms with Crippen LogP contribution in [0.4, 0.5) is 0 Å². The Morgan fingerprint density at radius 1 is 1.20 bits per heavy atom. The van der Waals surface area contributed by atoms with Gasteiger partial charge in [-0.05, 0) is 6.92 Å². The van der Waals surface area contributed by atoms with Crippen molar-refractivity contribution in [1.29, 1.82) is 5.26 Å². The Hall–Kier alpha value is -2.21. The maximum Gasteiger partial charge on any atom is 0.365 e. The molecule has 0 aliphatic carbocycles. The summed E-state index contributed by atoms with van der Waals surface area (Å²) in [6, 6.07) is 1.84. The Morgan fingerprint density at radius 2 is 1.80 bits per heavy atom. The van der Waals surface area contributed by atoms with Gasteiger partial charge in [-0.2, -0.15) is 15.0 Å². The molecule has 8 heteroatoms. The van der Waals surface area contributed by atoms with Crippen LogP contribution in [0.3, 0.4) is 0 Å². The monoisotopic (exact) mass is 285 g/mol. The lowest BCUT2D eigenvalue weighted by Gasteiger charge is -2.15. The fourth-order valence-corrected chi connectivity index (χ4v) is 0.744. The molecule has 0 aromatic carbocycles. The molecule has 0 aromatic heterocycles. The number of carbonyl (C=O) groups is 2. The third-order valence-electron chi connectivity index (χ3n) is 1.71. The van der Waals surface area contributed by atoms with Crippen molar-refractivity contribution in [2.75, 3.05) is 13.2 Å². The van der Waals surface area contributed by atoms with Crippen LogP contribution in [-0.2, 0) is 33.9 Å². The minimum atomic E-state index is -0.896. The van der Waals surface area contributed by atoms with Gasteiger partial charge >= 0.3 is 11.9 Å². The van der Waals surface area contributed by atoms with Gasteiger partial charge in [0.15, 0.2) is 6.10 Å². The summed E-state index contributed by atoms with van der Waals surface area (Å²) in [7, 11) is 0. The van der Waals surface area contributed by atoms with E-state index in [0.717, 1.165) is 12.2 Å². The number of hydrogen-bond donors (Lipinski definition) is 0. The first-order chi connectivity index (χ1) is 9.53. The first-order valence-corrected chi connectivity index (χ1v) is 5.50. The molecular formula is C12H15NO7. The zero-order valence-electron chi connectivity index (χ0n) is 10.9. The molecule has 0 saturated carbocycles. The zero-order valence-corrected chi connectivity index (χ0v) is 10.9. The minimum Gasteiger partial charge on any atom is -0.361 e. The minimum absolute atomic E-state index is 0.120. The van der Waals surface area contributed by atoms with E-state index in [1.807, 2.05) is 6.07 Å². The molecule has 0 aliphatic heterocycles. The average Bonchev–Trinajstić information content (AvgIpc) is 2.47. The average molecular weight is 285 g/mol. The molecule has 0 spiro atoms. The molecule has 110 valence electrons. The van der Waals surface area contributed by atoms with Crippen LogP contribution in [0.5, 0.6) is 0 Å². The lowest BCUT2D eigenvalue weighted by molar-refractivity contribution is -0.338. The molecule has 0 saturated heterocycles. The lowest BCUT2D eigenvalue weighted by Crippen LogP contribution is -2.29. The van der Waals surface area contributed by atoms with Gasteiger partial charge in [0.25, 0.3) is 0 Å². The molecule has 0 N–H and O–H groups in total. The zero-order chi connectivity index (χ0) is 15.4. The first-order valence-electron chi connectivity index (χ1n) is 5.50. The van der Waals surface area contributed by atoms with E-state index >= 15 is 0 Å². The van der Waals surface area contributed by atoms with Crippen LogP contribution in [-0.4, -0.2) is 37.4 Å². The molecule has 0 radical (unpaired) electrons. The van der Waals surface area contributed by atoms with Gasteiger partial charge in [-0.25, -0.2) is 9.59 Å². The van der Waals surface area contributed by atoms with Gasteiger partial charge in [0.05, 0.1) is 12.7 Å². The van der Waals surface area contributed by atoms with E-state index in [0.29, 0.717) is 0 Å². The molecule has 0 heterocycles. The third-order valence-corrected chi connectivity index (χ3v) is 1.71. The molecule has 0 aromatic rings. The van der Waals surface area contributed by atoms with Crippen molar-refractivity contribution >= 4 is 11.9 Å². The smallest absolute Gasteiger partial charge is 0.361 e. The van der Waals surface area contributed by atoms with E-state index in [2.05, 4.69) is 27.8 Å². The molecule has 0 fully saturated rings. The topological polar surface area (TPSA) is 104 Å². The van der Waals surface area contributed by atoms with Gasteiger partial charge in [0, 0.05) is 12.2 Å². The second-order valence-electron chi connectivity index (χ2n) is 3.32. The number of hydrogen-bond acceptors (Lipinski definition) is 8. The first kappa shape index (κ1) is 17.8. The quantitative estimate of drug-likeness (QED) is 0.326. The van der Waals surface area contributed by atoms with Gasteiger partial charge in [-0.3, -0.25) is 9.78 Å². The Bertz CT molecular complexity index is 388. The Balaban J connectivity index is 4.19. The van der Waals surface area contributed by atoms with Crippen LogP contribution in [0.15, 0.2) is 25.3 Å². The van der Waals surface area contributed by atoms with Crippen molar-refractivity contribution in [3.05, 3.63) is 25.3 Å². The van der Waals surface area contributed by atoms with Gasteiger partial charge in [-0.1, -0.05) is 13.2 Å². The number of ether oxygens (including phenoxy) is 1. The molecular weight excluding hydrogens is 270 g/mol. The summed E-state index contributed by atoms with van der Waals surface area (Å²) in [4.78, 5) is 39.5. The molecule has 8 nitrogen and oxygen atoms in total. The SMILES string of the molecule is C=CC(=O)OOCC(COC(C)C#N)OOC(=O)C=C. The van der Waals surface area contributed by atoms with Gasteiger partial charge in [0.1, 0.15) is 12.7 Å². The number of nitrogens with zero attached hydrogens (tertiary/aromatic N) is 1. The summed E-state index contributed by atoms with van der Waals surface area (Å²) >= 11 is 0. The molecule has 2 atom stereocenters. The van der Waals surface area contributed by atoms with E-state index in [9.17, 15) is 9.59 Å². The summed E-state index contributed by atoms with van der Waals surface area (Å²) in [5, 5.41) is 8.56. The van der Waals surface area contributed by atoms with Crippen molar-refractivity contribution in [1.82, 2.24) is 0 Å². The fourth-order valence-electron chi connectivity index (χ4n) is 0.744. The summed E-state index contributed by atoms with van der Waals surface area (Å²) < 4.78 is 5.06. The normalized spacial score (nSPS) is 12.6. The Labute approximate surface area is 116 Å². The molecule has 0 amide bonds. The van der Waals surface area contributed by atoms with Gasteiger partial charge in [0.2, 0.25) is 0 Å². The van der Waals surface area contributed by atoms with Crippen LogP contribution in [0.2, 0.25) is 0 Å². The standard InChI is InChI=1S/C12H15NO7/c1-4-11(14)19-17-8-10(7-16-9(3)6-13)18-20-12(15)5-2/h4-5,9-10H,1-2,7-8H2,3H3. The highest BCUT2D eigenvalue weighted by molar-refractivity contribution is 5.80. The molecule has 0 rings (SSSR count). The predicted molar refractivity (Wildman–Crippen MR) is 64.4 cm³/mol. The molecule has 2 unspecified atom stereocenters. The van der Waals surface area contributed by atoms with Crippen LogP contribution in [0.1, 0.15) is 6.92 Å². The third kappa shape index (κ3) is 8.82. The Kier molecular flexibility index (Phi) is 9.51. The largest absolute Gasteiger partial charge is 0.365 e. The second-order valence-corrected chi connectivity index (χ2v) is 3.32. The molecule has 0 aliphatic rings. The van der Waals surface area contributed by atoms with Crippen LogP contribution < -0.4 is 0 Å². The van der Waals surface area contributed by atoms with Crippen molar-refractivity contribution in [2.45, 2.75) is 19.1 Å². The summed E-state index contributed by atoms with van der Waals surface area (Å²) in [5.74, 6) is -1.61. The van der Waals surface area contributed by atoms with E-state index in [1.54, 1.807) is 0 Å². The molecule has 20 heavy (non-hydrogen) atoms. The number of rotatable bonds is 10. The summed E-state index contributed by atoms with van der Waals surface area (Å²) in [6.45, 7) is 7.48. The van der Waals surface area contributed by atoms with Crippen molar-refractivity contribution in [3.8, 4) is 6.07 Å². The van der Waals surface area contributed by atoms with Gasteiger partial charge < -0.3 is 4.74 Å². The predicted octanol–water partition coefficient (Wildman–Crippen LogP) is 0.605. The van der Waals surface area contributed by atoms with Crippen molar-refractivity contribution in [3.63, 3.8) is 0 Å². The van der Waals surface area contributed by atoms with Crippen molar-refractivity contribution in [2.24, 2.45) is 0 Å². The van der Waals surface area contributed by atoms with Crippen LogP contribution >= 0.6 is 0 Å². The number of nitriles is 1. The lowest BCUT2D eigenvalue weighted by atomic mass is 10.4. The van der Waals surface area contributed by atoms with Crippen LogP contribution in [0, 0.1) is 11.3 Å². The summed E-state index contributed by atoms with van der Waals surface area (Å²) in [6.07, 6.45) is 0.218. The van der Waals surface area contributed by atoms with E-state index in [4.69, 9.17) is 14.9 Å². The van der Waals surface area contributed by atoms with E-state index < -0.39 is 24.1 Å². The van der Waals surface area contributed by atoms with Crippen LogP contribution in [0.25, 0.3) is 0 Å². The highest BCUT2D eigenvalue weighted by Crippen LogP contribution is 2.01. The molecule has 0 bridgehead atoms. The Morgan fingerprint density at radius 3 is 2.35 bits per heavy atom. The van der Waals surface area contributed by atoms with Crippen molar-refractivity contribution < 1.29 is 33.9 Å². The number of carbonyl (C=O) groups excluding carboxylic acids is 2. The summed E-state index contributed by atoms with van der Waals surface area (Å²) in [5.41, 5.74) is 0. The van der Waals surface area contributed by atoms with E-state index in [-0.39, 0.29) is 13.2 Å². The maximum atomic E-state index is 10.8. The fraction of sp³-hybridized carbons (Fsp3) is 0.417. The highest BCUT2D eigenvalue weighted by atomic mass is 17.2. The van der Waals surface area contributed by atoms with Gasteiger partial charge in [-0.15, -0.1) is 0 Å². The highest BCUT2D eigenvalue weighted by Gasteiger charge is 2.16. The maximum absolute atomic E-state index is 10.8.